The molecule has 1 aromatic carbocycles. The van der Waals surface area contributed by atoms with Crippen molar-refractivity contribution in [3.63, 3.8) is 0 Å². The number of nitrogens with one attached hydrogen (secondary N) is 2. The Balaban J connectivity index is 1.49. The van der Waals surface area contributed by atoms with Crippen molar-refractivity contribution in [2.24, 2.45) is 4.99 Å². The summed E-state index contributed by atoms with van der Waals surface area (Å²) in [6.07, 6.45) is 4.42. The Kier molecular flexibility index (Phi) is 6.91. The minimum atomic E-state index is -0.304. The maximum absolute atomic E-state index is 13.0. The first kappa shape index (κ1) is 19.8. The summed E-state index contributed by atoms with van der Waals surface area (Å²) in [7, 11) is 1.73. The van der Waals surface area contributed by atoms with E-state index in [2.05, 4.69) is 32.5 Å². The average Bonchev–Trinajstić information content (AvgIpc) is 3.12. The zero-order valence-electron chi connectivity index (χ0n) is 15.8. The van der Waals surface area contributed by atoms with Crippen molar-refractivity contribution in [3.05, 3.63) is 70.1 Å². The number of aliphatic imine (C=N–C) groups is 1. The number of hydrogen-bond acceptors (Lipinski definition) is 5. The van der Waals surface area contributed by atoms with E-state index >= 15 is 0 Å². The Labute approximate surface area is 167 Å². The lowest BCUT2D eigenvalue weighted by Gasteiger charge is -2.12. The lowest BCUT2D eigenvalue weighted by molar-refractivity contribution is 0.460. The standard InChI is InChI=1S/C20H22FN5OS/c1-14-12-25-19(28-14)8-10-24-20(22-2)26-13-15-7-9-23-18(11-15)27-17-5-3-16(21)4-6-17/h3-7,9,11-12H,8,10,13H2,1-2H3,(H2,22,24,26). The van der Waals surface area contributed by atoms with E-state index in [1.54, 1.807) is 36.7 Å². The topological polar surface area (TPSA) is 71.4 Å². The zero-order chi connectivity index (χ0) is 19.8. The van der Waals surface area contributed by atoms with Crippen molar-refractivity contribution in [1.29, 1.82) is 0 Å². The monoisotopic (exact) mass is 399 g/mol. The molecule has 146 valence electrons. The predicted molar refractivity (Wildman–Crippen MR) is 109 cm³/mol. The highest BCUT2D eigenvalue weighted by Gasteiger charge is 2.04. The van der Waals surface area contributed by atoms with Crippen LogP contribution in [0.2, 0.25) is 0 Å². The Hall–Kier alpha value is -3.00. The molecular formula is C20H22FN5OS. The van der Waals surface area contributed by atoms with Gasteiger partial charge in [0.15, 0.2) is 5.96 Å². The predicted octanol–water partition coefficient (Wildman–Crippen LogP) is 3.69. The summed E-state index contributed by atoms with van der Waals surface area (Å²) in [6.45, 7) is 3.37. The molecule has 6 nitrogen and oxygen atoms in total. The quantitative estimate of drug-likeness (QED) is 0.468. The summed E-state index contributed by atoms with van der Waals surface area (Å²) in [5.41, 5.74) is 0.991. The molecule has 2 aromatic heterocycles. The highest BCUT2D eigenvalue weighted by Crippen LogP contribution is 2.20. The number of nitrogens with zero attached hydrogens (tertiary/aromatic N) is 3. The van der Waals surface area contributed by atoms with Crippen LogP contribution in [0.5, 0.6) is 11.6 Å². The molecule has 0 fully saturated rings. The highest BCUT2D eigenvalue weighted by atomic mass is 32.1. The first-order chi connectivity index (χ1) is 13.6. The number of hydrogen-bond donors (Lipinski definition) is 2. The van der Waals surface area contributed by atoms with Crippen LogP contribution in [0.1, 0.15) is 15.4 Å². The fourth-order valence-corrected chi connectivity index (χ4v) is 3.24. The van der Waals surface area contributed by atoms with Gasteiger partial charge < -0.3 is 15.4 Å². The van der Waals surface area contributed by atoms with Crippen LogP contribution in [-0.2, 0) is 13.0 Å². The number of aromatic nitrogens is 2. The third-order valence-electron chi connectivity index (χ3n) is 3.82. The minimum absolute atomic E-state index is 0.304. The number of halogens is 1. The summed E-state index contributed by atoms with van der Waals surface area (Å²) in [5, 5.41) is 7.65. The van der Waals surface area contributed by atoms with Crippen molar-refractivity contribution < 1.29 is 9.13 Å². The van der Waals surface area contributed by atoms with Crippen molar-refractivity contribution >= 4 is 17.3 Å². The van der Waals surface area contributed by atoms with Crippen LogP contribution in [-0.4, -0.2) is 29.5 Å². The number of pyridine rings is 1. The van der Waals surface area contributed by atoms with E-state index in [-0.39, 0.29) is 5.82 Å². The van der Waals surface area contributed by atoms with Gasteiger partial charge in [0.25, 0.3) is 0 Å². The summed E-state index contributed by atoms with van der Waals surface area (Å²) in [4.78, 5) is 14.0. The maximum Gasteiger partial charge on any atom is 0.219 e. The van der Waals surface area contributed by atoms with Crippen LogP contribution in [0, 0.1) is 12.7 Å². The summed E-state index contributed by atoms with van der Waals surface area (Å²) in [6, 6.07) is 9.57. The van der Waals surface area contributed by atoms with E-state index in [4.69, 9.17) is 4.74 Å². The van der Waals surface area contributed by atoms with Gasteiger partial charge in [-0.1, -0.05) is 0 Å². The minimum Gasteiger partial charge on any atom is -0.439 e. The SMILES string of the molecule is CN=C(NCCc1ncc(C)s1)NCc1ccnc(Oc2ccc(F)cc2)c1. The number of rotatable bonds is 7. The van der Waals surface area contributed by atoms with E-state index < -0.39 is 0 Å². The van der Waals surface area contributed by atoms with Crippen LogP contribution in [0.3, 0.4) is 0 Å². The van der Waals surface area contributed by atoms with Gasteiger partial charge in [0.05, 0.1) is 5.01 Å². The molecule has 28 heavy (non-hydrogen) atoms. The second-order valence-corrected chi connectivity index (χ2v) is 7.34. The zero-order valence-corrected chi connectivity index (χ0v) is 16.6. The van der Waals surface area contributed by atoms with E-state index in [9.17, 15) is 4.39 Å². The number of ether oxygens (including phenoxy) is 1. The molecule has 2 heterocycles. The molecule has 0 aliphatic rings. The van der Waals surface area contributed by atoms with Crippen LogP contribution < -0.4 is 15.4 Å². The molecule has 3 aromatic rings. The molecule has 0 atom stereocenters. The molecule has 0 aliphatic carbocycles. The molecule has 0 aliphatic heterocycles. The van der Waals surface area contributed by atoms with Crippen molar-refractivity contribution in [3.8, 4) is 11.6 Å². The van der Waals surface area contributed by atoms with E-state index in [0.29, 0.717) is 24.1 Å². The van der Waals surface area contributed by atoms with Gasteiger partial charge >= 0.3 is 0 Å². The first-order valence-electron chi connectivity index (χ1n) is 8.86. The average molecular weight is 399 g/mol. The second kappa shape index (κ2) is 9.80. The molecule has 0 bridgehead atoms. The van der Waals surface area contributed by atoms with Gasteiger partial charge in [0.1, 0.15) is 11.6 Å². The number of aryl methyl sites for hydroxylation is 1. The van der Waals surface area contributed by atoms with E-state index in [1.165, 1.54) is 17.0 Å². The van der Waals surface area contributed by atoms with Crippen molar-refractivity contribution in [2.45, 2.75) is 19.9 Å². The van der Waals surface area contributed by atoms with Gasteiger partial charge in [-0.15, -0.1) is 11.3 Å². The summed E-state index contributed by atoms with van der Waals surface area (Å²) in [5.74, 6) is 1.40. The Morgan fingerprint density at radius 3 is 2.71 bits per heavy atom. The molecule has 8 heteroatoms. The van der Waals surface area contributed by atoms with E-state index in [0.717, 1.165) is 23.5 Å². The smallest absolute Gasteiger partial charge is 0.219 e. The highest BCUT2D eigenvalue weighted by molar-refractivity contribution is 7.11. The number of thiazole rings is 1. The molecule has 3 rings (SSSR count). The van der Waals surface area contributed by atoms with Gasteiger partial charge in [-0.3, -0.25) is 4.99 Å². The van der Waals surface area contributed by atoms with E-state index in [1.807, 2.05) is 18.3 Å². The van der Waals surface area contributed by atoms with Crippen molar-refractivity contribution in [2.75, 3.05) is 13.6 Å². The molecule has 0 spiro atoms. The lowest BCUT2D eigenvalue weighted by atomic mass is 10.2. The van der Waals surface area contributed by atoms with Gasteiger partial charge in [-0.05, 0) is 42.8 Å². The first-order valence-corrected chi connectivity index (χ1v) is 9.68. The third-order valence-corrected chi connectivity index (χ3v) is 4.79. The van der Waals surface area contributed by atoms with Crippen LogP contribution in [0.25, 0.3) is 0 Å². The maximum atomic E-state index is 13.0. The van der Waals surface area contributed by atoms with Gasteiger partial charge in [-0.2, -0.15) is 0 Å². The molecule has 0 radical (unpaired) electrons. The number of guanidine groups is 1. The van der Waals surface area contributed by atoms with Crippen LogP contribution >= 0.6 is 11.3 Å². The normalized spacial score (nSPS) is 11.3. The second-order valence-electron chi connectivity index (χ2n) is 6.03. The molecule has 0 saturated carbocycles. The molecule has 0 unspecified atom stereocenters. The largest absolute Gasteiger partial charge is 0.439 e. The van der Waals surface area contributed by atoms with Gasteiger partial charge in [-0.25, -0.2) is 14.4 Å². The third kappa shape index (κ3) is 6.02. The van der Waals surface area contributed by atoms with Gasteiger partial charge in [0.2, 0.25) is 5.88 Å². The van der Waals surface area contributed by atoms with Gasteiger partial charge in [0, 0.05) is 49.9 Å². The van der Waals surface area contributed by atoms with Crippen LogP contribution in [0.4, 0.5) is 4.39 Å². The Morgan fingerprint density at radius 2 is 2.00 bits per heavy atom. The van der Waals surface area contributed by atoms with Crippen molar-refractivity contribution in [1.82, 2.24) is 20.6 Å². The molecular weight excluding hydrogens is 377 g/mol. The summed E-state index contributed by atoms with van der Waals surface area (Å²) >= 11 is 1.71. The fraction of sp³-hybridized carbons (Fsp3) is 0.250. The molecule has 0 saturated heterocycles. The lowest BCUT2D eigenvalue weighted by Crippen LogP contribution is -2.37. The Bertz CT molecular complexity index is 926. The number of benzene rings is 1. The Morgan fingerprint density at radius 1 is 1.18 bits per heavy atom. The van der Waals surface area contributed by atoms with Crippen LogP contribution in [0.15, 0.2) is 53.8 Å². The fourth-order valence-electron chi connectivity index (χ4n) is 2.45. The molecule has 0 amide bonds. The molecule has 2 N–H and O–H groups in total. The summed E-state index contributed by atoms with van der Waals surface area (Å²) < 4.78 is 18.7.